The van der Waals surface area contributed by atoms with Crippen molar-refractivity contribution in [1.29, 1.82) is 0 Å². The van der Waals surface area contributed by atoms with Crippen molar-refractivity contribution in [1.82, 2.24) is 0 Å². The van der Waals surface area contributed by atoms with E-state index in [0.717, 1.165) is 16.9 Å². The SMILES string of the molecule is CCOc1ccc(C(=O)Nc2ccc(OCc3ccccc3)cc2)cc1COc1ccccc1OC. The van der Waals surface area contributed by atoms with Crippen LogP contribution in [0.1, 0.15) is 28.4 Å². The highest BCUT2D eigenvalue weighted by atomic mass is 16.5. The third-order valence-corrected chi connectivity index (χ3v) is 5.44. The number of rotatable bonds is 11. The number of nitrogens with one attached hydrogen (secondary N) is 1. The Hall–Kier alpha value is -4.45. The van der Waals surface area contributed by atoms with Crippen molar-refractivity contribution in [2.75, 3.05) is 19.0 Å². The monoisotopic (exact) mass is 483 g/mol. The quantitative estimate of drug-likeness (QED) is 0.264. The van der Waals surface area contributed by atoms with Gasteiger partial charge < -0.3 is 24.3 Å². The van der Waals surface area contributed by atoms with Crippen molar-refractivity contribution < 1.29 is 23.7 Å². The van der Waals surface area contributed by atoms with Gasteiger partial charge in [0.15, 0.2) is 11.5 Å². The van der Waals surface area contributed by atoms with Crippen LogP contribution < -0.4 is 24.3 Å². The lowest BCUT2D eigenvalue weighted by Crippen LogP contribution is -2.13. The number of anilines is 1. The zero-order chi connectivity index (χ0) is 25.2. The van der Waals surface area contributed by atoms with Crippen molar-refractivity contribution in [3.8, 4) is 23.0 Å². The Kier molecular flexibility index (Phi) is 8.44. The Balaban J connectivity index is 1.41. The number of methoxy groups -OCH3 is 1. The highest BCUT2D eigenvalue weighted by Gasteiger charge is 2.13. The van der Waals surface area contributed by atoms with Gasteiger partial charge in [0.2, 0.25) is 0 Å². The van der Waals surface area contributed by atoms with Gasteiger partial charge in [-0.05, 0) is 67.1 Å². The first-order valence-electron chi connectivity index (χ1n) is 11.8. The number of hydrogen-bond donors (Lipinski definition) is 1. The minimum atomic E-state index is -0.227. The third kappa shape index (κ3) is 6.57. The number of benzene rings is 4. The maximum Gasteiger partial charge on any atom is 0.255 e. The molecule has 0 atom stereocenters. The van der Waals surface area contributed by atoms with E-state index < -0.39 is 0 Å². The Labute approximate surface area is 211 Å². The van der Waals surface area contributed by atoms with E-state index in [2.05, 4.69) is 5.32 Å². The number of carbonyl (C=O) groups is 1. The summed E-state index contributed by atoms with van der Waals surface area (Å²) in [5.41, 5.74) is 3.03. The van der Waals surface area contributed by atoms with Gasteiger partial charge in [0.05, 0.1) is 13.7 Å². The van der Waals surface area contributed by atoms with Gasteiger partial charge in [0.1, 0.15) is 24.7 Å². The van der Waals surface area contributed by atoms with Crippen LogP contribution in [-0.2, 0) is 13.2 Å². The largest absolute Gasteiger partial charge is 0.493 e. The molecule has 0 heterocycles. The van der Waals surface area contributed by atoms with Crippen LogP contribution in [0.25, 0.3) is 0 Å². The van der Waals surface area contributed by atoms with Crippen molar-refractivity contribution in [2.24, 2.45) is 0 Å². The summed E-state index contributed by atoms with van der Waals surface area (Å²) >= 11 is 0. The molecule has 4 aromatic rings. The molecule has 36 heavy (non-hydrogen) atoms. The van der Waals surface area contributed by atoms with Crippen molar-refractivity contribution >= 4 is 11.6 Å². The van der Waals surface area contributed by atoms with Gasteiger partial charge in [-0.1, -0.05) is 42.5 Å². The van der Waals surface area contributed by atoms with Crippen LogP contribution in [0.15, 0.2) is 97.1 Å². The van der Waals surface area contributed by atoms with Crippen molar-refractivity contribution in [2.45, 2.75) is 20.1 Å². The van der Waals surface area contributed by atoms with E-state index in [1.165, 1.54) is 0 Å². The first kappa shape index (κ1) is 24.7. The average Bonchev–Trinajstić information content (AvgIpc) is 2.93. The average molecular weight is 484 g/mol. The standard InChI is InChI=1S/C30H29NO5/c1-3-34-27-18-13-23(19-24(27)21-36-29-12-8-7-11-28(29)33-2)30(32)31-25-14-16-26(17-15-25)35-20-22-9-5-4-6-10-22/h4-19H,3,20-21H2,1-2H3,(H,31,32). The van der Waals surface area contributed by atoms with E-state index in [0.29, 0.717) is 41.7 Å². The molecule has 1 N–H and O–H groups in total. The molecule has 0 aliphatic heterocycles. The van der Waals surface area contributed by atoms with E-state index in [1.54, 1.807) is 25.3 Å². The summed E-state index contributed by atoms with van der Waals surface area (Å²) in [6.07, 6.45) is 0. The minimum Gasteiger partial charge on any atom is -0.493 e. The summed E-state index contributed by atoms with van der Waals surface area (Å²) < 4.78 is 22.9. The summed E-state index contributed by atoms with van der Waals surface area (Å²) in [4.78, 5) is 13.0. The second-order valence-electron chi connectivity index (χ2n) is 7.95. The molecule has 1 amide bonds. The molecular formula is C30H29NO5. The van der Waals surface area contributed by atoms with Crippen molar-refractivity contribution in [3.63, 3.8) is 0 Å². The molecule has 6 nitrogen and oxygen atoms in total. The fraction of sp³-hybridized carbons (Fsp3) is 0.167. The molecule has 0 fully saturated rings. The van der Waals surface area contributed by atoms with E-state index in [-0.39, 0.29) is 12.5 Å². The Morgan fingerprint density at radius 3 is 2.17 bits per heavy atom. The van der Waals surface area contributed by atoms with Gasteiger partial charge >= 0.3 is 0 Å². The zero-order valence-corrected chi connectivity index (χ0v) is 20.4. The van der Waals surface area contributed by atoms with Gasteiger partial charge in [0.25, 0.3) is 5.91 Å². The van der Waals surface area contributed by atoms with Crippen LogP contribution in [0.4, 0.5) is 5.69 Å². The molecular weight excluding hydrogens is 454 g/mol. The molecule has 0 saturated carbocycles. The van der Waals surface area contributed by atoms with E-state index in [1.807, 2.05) is 85.8 Å². The molecule has 0 spiro atoms. The highest BCUT2D eigenvalue weighted by molar-refractivity contribution is 6.04. The second kappa shape index (κ2) is 12.3. The molecule has 0 bridgehead atoms. The summed E-state index contributed by atoms with van der Waals surface area (Å²) in [5, 5.41) is 2.93. The predicted octanol–water partition coefficient (Wildman–Crippen LogP) is 6.50. The number of hydrogen-bond acceptors (Lipinski definition) is 5. The molecule has 0 radical (unpaired) electrons. The predicted molar refractivity (Wildman–Crippen MR) is 140 cm³/mol. The fourth-order valence-electron chi connectivity index (χ4n) is 3.60. The molecule has 0 aliphatic rings. The summed E-state index contributed by atoms with van der Waals surface area (Å²) in [5.74, 6) is 2.43. The lowest BCUT2D eigenvalue weighted by Gasteiger charge is -2.15. The van der Waals surface area contributed by atoms with Gasteiger partial charge in [-0.25, -0.2) is 0 Å². The Bertz CT molecular complexity index is 1270. The van der Waals surface area contributed by atoms with E-state index >= 15 is 0 Å². The van der Waals surface area contributed by atoms with Crippen LogP contribution >= 0.6 is 0 Å². The van der Waals surface area contributed by atoms with Crippen LogP contribution in [0, 0.1) is 0 Å². The normalized spacial score (nSPS) is 10.4. The lowest BCUT2D eigenvalue weighted by molar-refractivity contribution is 0.102. The maximum atomic E-state index is 13.0. The molecule has 0 saturated heterocycles. The topological polar surface area (TPSA) is 66.0 Å². The summed E-state index contributed by atoms with van der Waals surface area (Å²) in [6, 6.07) is 30.0. The maximum absolute atomic E-state index is 13.0. The van der Waals surface area contributed by atoms with Crippen LogP contribution in [0.5, 0.6) is 23.0 Å². The first-order valence-corrected chi connectivity index (χ1v) is 11.8. The lowest BCUT2D eigenvalue weighted by atomic mass is 10.1. The molecule has 6 heteroatoms. The Morgan fingerprint density at radius 1 is 0.722 bits per heavy atom. The highest BCUT2D eigenvalue weighted by Crippen LogP contribution is 2.29. The van der Waals surface area contributed by atoms with Gasteiger partial charge in [-0.3, -0.25) is 4.79 Å². The van der Waals surface area contributed by atoms with E-state index in [4.69, 9.17) is 18.9 Å². The molecule has 4 aromatic carbocycles. The number of ether oxygens (including phenoxy) is 4. The zero-order valence-electron chi connectivity index (χ0n) is 20.4. The smallest absolute Gasteiger partial charge is 0.255 e. The van der Waals surface area contributed by atoms with Gasteiger partial charge in [0, 0.05) is 16.8 Å². The molecule has 0 unspecified atom stereocenters. The number of carbonyl (C=O) groups excluding carboxylic acids is 1. The first-order chi connectivity index (χ1) is 17.7. The minimum absolute atomic E-state index is 0.226. The number of amides is 1. The fourth-order valence-corrected chi connectivity index (χ4v) is 3.60. The molecule has 184 valence electrons. The molecule has 0 aliphatic carbocycles. The van der Waals surface area contributed by atoms with Crippen LogP contribution in [0.2, 0.25) is 0 Å². The summed E-state index contributed by atoms with van der Waals surface area (Å²) in [7, 11) is 1.60. The molecule has 0 aromatic heterocycles. The second-order valence-corrected chi connectivity index (χ2v) is 7.95. The molecule has 4 rings (SSSR count). The number of para-hydroxylation sites is 2. The van der Waals surface area contributed by atoms with Gasteiger partial charge in [-0.2, -0.15) is 0 Å². The summed E-state index contributed by atoms with van der Waals surface area (Å²) in [6.45, 7) is 3.13. The van der Waals surface area contributed by atoms with Crippen molar-refractivity contribution in [3.05, 3.63) is 114 Å². The van der Waals surface area contributed by atoms with E-state index in [9.17, 15) is 4.79 Å². The third-order valence-electron chi connectivity index (χ3n) is 5.44. The Morgan fingerprint density at radius 2 is 1.44 bits per heavy atom. The van der Waals surface area contributed by atoms with Crippen LogP contribution in [-0.4, -0.2) is 19.6 Å². The van der Waals surface area contributed by atoms with Gasteiger partial charge in [-0.15, -0.1) is 0 Å². The van der Waals surface area contributed by atoms with Crippen LogP contribution in [0.3, 0.4) is 0 Å².